The van der Waals surface area contributed by atoms with Crippen molar-refractivity contribution in [1.82, 2.24) is 5.32 Å². The minimum absolute atomic E-state index is 0.127. The molecule has 1 aromatic rings. The molecular weight excluding hydrogens is 234 g/mol. The third-order valence-electron chi connectivity index (χ3n) is 4.19. The molecule has 2 nitrogen and oxygen atoms in total. The summed E-state index contributed by atoms with van der Waals surface area (Å²) >= 11 is 0. The summed E-state index contributed by atoms with van der Waals surface area (Å²) in [5.41, 5.74) is 2.75. The fourth-order valence-corrected chi connectivity index (χ4v) is 3.53. The van der Waals surface area contributed by atoms with Crippen molar-refractivity contribution in [2.24, 2.45) is 11.3 Å². The van der Waals surface area contributed by atoms with Gasteiger partial charge in [-0.1, -0.05) is 45.0 Å². The van der Waals surface area contributed by atoms with Crippen LogP contribution in [0.25, 0.3) is 0 Å². The SMILES string of the molecule is CC1CC(NCc2ccc(CO)cc2)CC(C)(C)C1. The predicted molar refractivity (Wildman–Crippen MR) is 79.8 cm³/mol. The second-order valence-electron chi connectivity index (χ2n) is 6.97. The summed E-state index contributed by atoms with van der Waals surface area (Å²) in [4.78, 5) is 0. The maximum Gasteiger partial charge on any atom is 0.0681 e. The molecule has 1 aliphatic carbocycles. The minimum atomic E-state index is 0.127. The molecule has 2 unspecified atom stereocenters. The van der Waals surface area contributed by atoms with Crippen LogP contribution in [0.1, 0.15) is 51.2 Å². The summed E-state index contributed by atoms with van der Waals surface area (Å²) in [5.74, 6) is 0.818. The summed E-state index contributed by atoms with van der Waals surface area (Å²) in [5, 5.41) is 12.7. The summed E-state index contributed by atoms with van der Waals surface area (Å²) in [6.07, 6.45) is 3.90. The van der Waals surface area contributed by atoms with Gasteiger partial charge in [-0.2, -0.15) is 0 Å². The van der Waals surface area contributed by atoms with Gasteiger partial charge in [-0.3, -0.25) is 0 Å². The highest BCUT2D eigenvalue weighted by Crippen LogP contribution is 2.38. The Labute approximate surface area is 117 Å². The molecule has 2 N–H and O–H groups in total. The lowest BCUT2D eigenvalue weighted by atomic mass is 9.70. The van der Waals surface area contributed by atoms with Gasteiger partial charge in [0.1, 0.15) is 0 Å². The quantitative estimate of drug-likeness (QED) is 0.869. The molecule has 2 heteroatoms. The van der Waals surface area contributed by atoms with Gasteiger partial charge >= 0.3 is 0 Å². The van der Waals surface area contributed by atoms with E-state index < -0.39 is 0 Å². The monoisotopic (exact) mass is 261 g/mol. The molecule has 2 rings (SSSR count). The first-order valence-corrected chi connectivity index (χ1v) is 7.40. The Morgan fingerprint density at radius 1 is 1.16 bits per heavy atom. The van der Waals surface area contributed by atoms with Crippen molar-refractivity contribution in [3.8, 4) is 0 Å². The second-order valence-corrected chi connectivity index (χ2v) is 6.97. The van der Waals surface area contributed by atoms with Gasteiger partial charge in [-0.25, -0.2) is 0 Å². The maximum absolute atomic E-state index is 9.03. The van der Waals surface area contributed by atoms with Crippen molar-refractivity contribution in [3.05, 3.63) is 35.4 Å². The molecular formula is C17H27NO. The van der Waals surface area contributed by atoms with Crippen molar-refractivity contribution < 1.29 is 5.11 Å². The first-order valence-electron chi connectivity index (χ1n) is 7.40. The molecule has 0 amide bonds. The zero-order chi connectivity index (χ0) is 13.9. The average molecular weight is 261 g/mol. The molecule has 0 radical (unpaired) electrons. The number of aliphatic hydroxyl groups excluding tert-OH is 1. The van der Waals surface area contributed by atoms with Crippen molar-refractivity contribution in [2.75, 3.05) is 0 Å². The van der Waals surface area contributed by atoms with Crippen LogP contribution in [0.15, 0.2) is 24.3 Å². The number of benzene rings is 1. The zero-order valence-corrected chi connectivity index (χ0v) is 12.4. The molecule has 0 saturated heterocycles. The normalized spacial score (nSPS) is 26.3. The number of nitrogens with one attached hydrogen (secondary N) is 1. The molecule has 0 heterocycles. The van der Waals surface area contributed by atoms with Crippen molar-refractivity contribution in [3.63, 3.8) is 0 Å². The smallest absolute Gasteiger partial charge is 0.0681 e. The van der Waals surface area contributed by atoms with Crippen molar-refractivity contribution >= 4 is 0 Å². The molecule has 1 aliphatic rings. The topological polar surface area (TPSA) is 32.3 Å². The first kappa shape index (κ1) is 14.5. The van der Waals surface area contributed by atoms with Gasteiger partial charge in [-0.15, -0.1) is 0 Å². The van der Waals surface area contributed by atoms with E-state index in [1.807, 2.05) is 12.1 Å². The number of hydrogen-bond donors (Lipinski definition) is 2. The first-order chi connectivity index (χ1) is 8.98. The van der Waals surface area contributed by atoms with E-state index in [4.69, 9.17) is 5.11 Å². The van der Waals surface area contributed by atoms with E-state index in [0.29, 0.717) is 11.5 Å². The van der Waals surface area contributed by atoms with E-state index in [2.05, 4.69) is 38.2 Å². The number of hydrogen-bond acceptors (Lipinski definition) is 2. The predicted octanol–water partition coefficient (Wildman–Crippen LogP) is 3.48. The average Bonchev–Trinajstić information content (AvgIpc) is 2.34. The molecule has 0 bridgehead atoms. The van der Waals surface area contributed by atoms with Crippen LogP contribution >= 0.6 is 0 Å². The van der Waals surface area contributed by atoms with E-state index in [9.17, 15) is 0 Å². The van der Waals surface area contributed by atoms with Gasteiger partial charge in [0.25, 0.3) is 0 Å². The molecule has 19 heavy (non-hydrogen) atoms. The molecule has 1 saturated carbocycles. The maximum atomic E-state index is 9.03. The summed E-state index contributed by atoms with van der Waals surface area (Å²) in [7, 11) is 0. The van der Waals surface area contributed by atoms with Crippen LogP contribution in [0, 0.1) is 11.3 Å². The minimum Gasteiger partial charge on any atom is -0.392 e. The number of aliphatic hydroxyl groups is 1. The highest BCUT2D eigenvalue weighted by molar-refractivity contribution is 5.21. The van der Waals surface area contributed by atoms with Gasteiger partial charge in [0.05, 0.1) is 6.61 Å². The van der Waals surface area contributed by atoms with Crippen LogP contribution in [-0.2, 0) is 13.2 Å². The lowest BCUT2D eigenvalue weighted by Crippen LogP contribution is -2.39. The fourth-order valence-electron chi connectivity index (χ4n) is 3.53. The summed E-state index contributed by atoms with van der Waals surface area (Å²) < 4.78 is 0. The fraction of sp³-hybridized carbons (Fsp3) is 0.647. The Hall–Kier alpha value is -0.860. The van der Waals surface area contributed by atoms with Crippen molar-refractivity contribution in [1.29, 1.82) is 0 Å². The Morgan fingerprint density at radius 3 is 2.37 bits per heavy atom. The van der Waals surface area contributed by atoms with Crippen molar-refractivity contribution in [2.45, 2.75) is 59.2 Å². The van der Waals surface area contributed by atoms with E-state index >= 15 is 0 Å². The molecule has 1 aromatic carbocycles. The number of rotatable bonds is 4. The van der Waals surface area contributed by atoms with Gasteiger partial charge < -0.3 is 10.4 Å². The van der Waals surface area contributed by atoms with Crippen LogP contribution < -0.4 is 5.32 Å². The summed E-state index contributed by atoms with van der Waals surface area (Å²) in [6, 6.07) is 8.86. The Bertz CT molecular complexity index is 396. The molecule has 2 atom stereocenters. The van der Waals surface area contributed by atoms with Crippen LogP contribution in [0.2, 0.25) is 0 Å². The Kier molecular flexibility index (Phi) is 4.64. The molecule has 106 valence electrons. The lowest BCUT2D eigenvalue weighted by molar-refractivity contribution is 0.151. The Morgan fingerprint density at radius 2 is 1.79 bits per heavy atom. The Balaban J connectivity index is 1.87. The molecule has 1 fully saturated rings. The second kappa shape index (κ2) is 6.06. The molecule has 0 aromatic heterocycles. The standard InChI is InChI=1S/C17H27NO/c1-13-8-16(10-17(2,3)9-13)18-11-14-4-6-15(12-19)7-5-14/h4-7,13,16,18-19H,8-12H2,1-3H3. The van der Waals surface area contributed by atoms with E-state index in [0.717, 1.165) is 18.0 Å². The summed E-state index contributed by atoms with van der Waals surface area (Å²) in [6.45, 7) is 8.19. The van der Waals surface area contributed by atoms with E-state index in [1.54, 1.807) is 0 Å². The van der Waals surface area contributed by atoms with Crippen LogP contribution in [0.3, 0.4) is 0 Å². The van der Waals surface area contributed by atoms with Crippen LogP contribution in [0.4, 0.5) is 0 Å². The largest absolute Gasteiger partial charge is 0.392 e. The van der Waals surface area contributed by atoms with E-state index in [-0.39, 0.29) is 6.61 Å². The third kappa shape index (κ3) is 4.32. The van der Waals surface area contributed by atoms with E-state index in [1.165, 1.54) is 24.8 Å². The molecule has 0 aliphatic heterocycles. The van der Waals surface area contributed by atoms with Crippen LogP contribution in [-0.4, -0.2) is 11.1 Å². The van der Waals surface area contributed by atoms with Gasteiger partial charge in [0, 0.05) is 12.6 Å². The lowest BCUT2D eigenvalue weighted by Gasteiger charge is -2.39. The van der Waals surface area contributed by atoms with Crippen LogP contribution in [0.5, 0.6) is 0 Å². The highest BCUT2D eigenvalue weighted by atomic mass is 16.3. The van der Waals surface area contributed by atoms with Gasteiger partial charge in [0.2, 0.25) is 0 Å². The third-order valence-corrected chi connectivity index (χ3v) is 4.19. The zero-order valence-electron chi connectivity index (χ0n) is 12.4. The highest BCUT2D eigenvalue weighted by Gasteiger charge is 2.31. The molecule has 0 spiro atoms. The van der Waals surface area contributed by atoms with Gasteiger partial charge in [0.15, 0.2) is 0 Å². The van der Waals surface area contributed by atoms with Gasteiger partial charge in [-0.05, 0) is 41.7 Å².